The van der Waals surface area contributed by atoms with Gasteiger partial charge in [-0.05, 0) is 6.07 Å². The number of rotatable bonds is 2. The van der Waals surface area contributed by atoms with Crippen molar-refractivity contribution < 1.29 is 19.4 Å². The largest absolute Gasteiger partial charge is 0.504 e. The maximum Gasteiger partial charge on any atom is 0.350 e. The molecule has 0 unspecified atom stereocenters. The third kappa shape index (κ3) is 1.93. The lowest BCUT2D eigenvalue weighted by Crippen LogP contribution is -2.01. The second-order valence-corrected chi connectivity index (χ2v) is 5.40. The van der Waals surface area contributed by atoms with Crippen LogP contribution in [0.2, 0.25) is 0 Å². The smallest absolute Gasteiger partial charge is 0.350 e. The summed E-state index contributed by atoms with van der Waals surface area (Å²) in [5, 5.41) is 11.2. The predicted molar refractivity (Wildman–Crippen MR) is 81.1 cm³/mol. The highest BCUT2D eigenvalue weighted by atomic mass is 32.1. The molecule has 0 radical (unpaired) electrons. The fourth-order valence-electron chi connectivity index (χ4n) is 2.17. The second kappa shape index (κ2) is 4.78. The van der Waals surface area contributed by atoms with Crippen LogP contribution >= 0.6 is 11.3 Å². The van der Waals surface area contributed by atoms with E-state index in [0.29, 0.717) is 27.2 Å². The van der Waals surface area contributed by atoms with Crippen LogP contribution < -0.4 is 10.5 Å². The Balaban J connectivity index is 2.39. The molecule has 2 heterocycles. The van der Waals surface area contributed by atoms with Crippen LogP contribution in [-0.4, -0.2) is 30.3 Å². The zero-order chi connectivity index (χ0) is 15.1. The van der Waals surface area contributed by atoms with Crippen LogP contribution in [-0.2, 0) is 4.74 Å². The maximum atomic E-state index is 11.7. The summed E-state index contributed by atoms with van der Waals surface area (Å²) in [6, 6.07) is 3.19. The number of nitrogen functional groups attached to an aromatic ring is 1. The highest BCUT2D eigenvalue weighted by molar-refractivity contribution is 7.22. The number of carbonyl (C=O) groups is 1. The zero-order valence-electron chi connectivity index (χ0n) is 11.3. The van der Waals surface area contributed by atoms with E-state index in [1.54, 1.807) is 12.3 Å². The topological polar surface area (TPSA) is 94.7 Å². The summed E-state index contributed by atoms with van der Waals surface area (Å²) in [5.41, 5.74) is 6.94. The lowest BCUT2D eigenvalue weighted by Gasteiger charge is -2.05. The lowest BCUT2D eigenvalue weighted by molar-refractivity contribution is 0.0607. The fraction of sp³-hybridized carbons (Fsp3) is 0.143. The Kier molecular flexibility index (Phi) is 3.06. The number of benzene rings is 1. The molecule has 0 spiro atoms. The number of nitrogens with two attached hydrogens (primary N) is 1. The van der Waals surface area contributed by atoms with E-state index < -0.39 is 5.97 Å². The van der Waals surface area contributed by atoms with Crippen LogP contribution in [0, 0.1) is 0 Å². The van der Waals surface area contributed by atoms with Crippen LogP contribution in [0.1, 0.15) is 9.67 Å². The van der Waals surface area contributed by atoms with Gasteiger partial charge in [0.15, 0.2) is 11.5 Å². The average molecular weight is 304 g/mol. The van der Waals surface area contributed by atoms with E-state index >= 15 is 0 Å². The molecule has 0 aliphatic carbocycles. The van der Waals surface area contributed by atoms with Crippen molar-refractivity contribution in [2.75, 3.05) is 20.0 Å². The summed E-state index contributed by atoms with van der Waals surface area (Å²) >= 11 is 1.23. The Labute approximate surface area is 123 Å². The number of phenolic OH excluding ortho intramolecular Hbond substituents is 1. The summed E-state index contributed by atoms with van der Waals surface area (Å²) in [6.45, 7) is 0. The van der Waals surface area contributed by atoms with Gasteiger partial charge < -0.3 is 20.3 Å². The van der Waals surface area contributed by atoms with Gasteiger partial charge in [-0.25, -0.2) is 4.79 Å². The number of methoxy groups -OCH3 is 2. The quantitative estimate of drug-likeness (QED) is 0.706. The van der Waals surface area contributed by atoms with Gasteiger partial charge in [-0.15, -0.1) is 11.3 Å². The summed E-state index contributed by atoms with van der Waals surface area (Å²) in [7, 11) is 2.78. The van der Waals surface area contributed by atoms with Crippen molar-refractivity contribution in [3.63, 3.8) is 0 Å². The number of carbonyl (C=O) groups excluding carboxylic acids is 1. The molecule has 3 aromatic rings. The molecule has 2 aromatic heterocycles. The molecule has 6 nitrogen and oxygen atoms in total. The third-order valence-corrected chi connectivity index (χ3v) is 4.46. The number of pyridine rings is 1. The molecule has 0 saturated carbocycles. The van der Waals surface area contributed by atoms with Crippen molar-refractivity contribution in [1.82, 2.24) is 4.98 Å². The number of anilines is 1. The van der Waals surface area contributed by atoms with Crippen LogP contribution in [0.3, 0.4) is 0 Å². The Bertz CT molecular complexity index is 872. The minimum Gasteiger partial charge on any atom is -0.504 e. The SMILES string of the molecule is COC(=O)c1sc2c(cnc3cc(O)c(OC)cc32)c1N. The maximum absolute atomic E-state index is 11.7. The van der Waals surface area contributed by atoms with Crippen molar-refractivity contribution in [2.45, 2.75) is 0 Å². The number of aromatic nitrogens is 1. The third-order valence-electron chi connectivity index (χ3n) is 3.23. The van der Waals surface area contributed by atoms with Crippen molar-refractivity contribution in [1.29, 1.82) is 0 Å². The number of esters is 1. The van der Waals surface area contributed by atoms with Gasteiger partial charge in [0.25, 0.3) is 0 Å². The lowest BCUT2D eigenvalue weighted by atomic mass is 10.1. The molecule has 0 amide bonds. The van der Waals surface area contributed by atoms with Crippen molar-refractivity contribution in [2.24, 2.45) is 0 Å². The van der Waals surface area contributed by atoms with Crippen LogP contribution in [0.4, 0.5) is 5.69 Å². The van der Waals surface area contributed by atoms with Gasteiger partial charge in [-0.3, -0.25) is 4.98 Å². The van der Waals surface area contributed by atoms with Crippen molar-refractivity contribution in [3.05, 3.63) is 23.2 Å². The van der Waals surface area contributed by atoms with Gasteiger partial charge in [-0.1, -0.05) is 0 Å². The molecule has 108 valence electrons. The van der Waals surface area contributed by atoms with Gasteiger partial charge in [0, 0.05) is 27.7 Å². The standard InChI is InChI=1S/C14H12N2O4S/c1-19-10-3-6-8(4-9(10)17)16-5-7-11(15)13(14(18)20-2)21-12(6)7/h3-5,17H,15H2,1-2H3. The summed E-state index contributed by atoms with van der Waals surface area (Å²) in [6.07, 6.45) is 1.59. The molecule has 1 aromatic carbocycles. The monoisotopic (exact) mass is 304 g/mol. The molecule has 0 atom stereocenters. The van der Waals surface area contributed by atoms with E-state index in [9.17, 15) is 9.90 Å². The van der Waals surface area contributed by atoms with Crippen LogP contribution in [0.25, 0.3) is 21.0 Å². The molecular formula is C14H12N2O4S. The van der Waals surface area contributed by atoms with Crippen LogP contribution in [0.5, 0.6) is 11.5 Å². The Morgan fingerprint density at radius 1 is 1.33 bits per heavy atom. The average Bonchev–Trinajstić information content (AvgIpc) is 2.83. The molecular weight excluding hydrogens is 292 g/mol. The first-order valence-electron chi connectivity index (χ1n) is 6.02. The van der Waals surface area contributed by atoms with Gasteiger partial charge >= 0.3 is 5.97 Å². The first-order valence-corrected chi connectivity index (χ1v) is 6.84. The number of fused-ring (bicyclic) bond motifs is 3. The van der Waals surface area contributed by atoms with Crippen molar-refractivity contribution in [3.8, 4) is 11.5 Å². The minimum absolute atomic E-state index is 0.00886. The molecule has 7 heteroatoms. The summed E-state index contributed by atoms with van der Waals surface area (Å²) < 4.78 is 10.6. The minimum atomic E-state index is -0.479. The predicted octanol–water partition coefficient (Wildman–Crippen LogP) is 2.53. The van der Waals surface area contributed by atoms with E-state index in [1.807, 2.05) is 0 Å². The normalized spacial score (nSPS) is 11.0. The van der Waals surface area contributed by atoms with Crippen LogP contribution in [0.15, 0.2) is 18.3 Å². The highest BCUT2D eigenvalue weighted by Crippen LogP contribution is 2.40. The number of hydrogen-bond donors (Lipinski definition) is 2. The number of thiophene rings is 1. The number of aromatic hydroxyl groups is 1. The molecule has 0 aliphatic rings. The van der Waals surface area contributed by atoms with E-state index in [4.69, 9.17) is 15.2 Å². The Morgan fingerprint density at radius 2 is 2.10 bits per heavy atom. The number of hydrogen-bond acceptors (Lipinski definition) is 7. The molecule has 3 N–H and O–H groups in total. The van der Waals surface area contributed by atoms with E-state index in [0.717, 1.165) is 10.1 Å². The number of nitrogens with zero attached hydrogens (tertiary/aromatic N) is 1. The van der Waals surface area contributed by atoms with E-state index in [1.165, 1.54) is 31.6 Å². The first-order chi connectivity index (χ1) is 10.1. The van der Waals surface area contributed by atoms with Gasteiger partial charge in [0.2, 0.25) is 0 Å². The van der Waals surface area contributed by atoms with E-state index in [-0.39, 0.29) is 5.75 Å². The number of ether oxygens (including phenoxy) is 2. The second-order valence-electron chi connectivity index (χ2n) is 4.38. The summed E-state index contributed by atoms with van der Waals surface area (Å²) in [4.78, 5) is 16.3. The van der Waals surface area contributed by atoms with Gasteiger partial charge in [-0.2, -0.15) is 0 Å². The Hall–Kier alpha value is -2.54. The first kappa shape index (κ1) is 13.4. The molecule has 0 saturated heterocycles. The molecule has 21 heavy (non-hydrogen) atoms. The fourth-order valence-corrected chi connectivity index (χ4v) is 3.31. The van der Waals surface area contributed by atoms with Gasteiger partial charge in [0.05, 0.1) is 25.4 Å². The zero-order valence-corrected chi connectivity index (χ0v) is 12.2. The molecule has 3 rings (SSSR count). The van der Waals surface area contributed by atoms with Gasteiger partial charge in [0.1, 0.15) is 4.88 Å². The highest BCUT2D eigenvalue weighted by Gasteiger charge is 2.19. The number of phenols is 1. The Morgan fingerprint density at radius 3 is 2.76 bits per heavy atom. The van der Waals surface area contributed by atoms with E-state index in [2.05, 4.69) is 4.98 Å². The molecule has 0 aliphatic heterocycles. The molecule has 0 bridgehead atoms. The molecule has 0 fully saturated rings. The van der Waals surface area contributed by atoms with Crippen molar-refractivity contribution >= 4 is 44.0 Å². The summed E-state index contributed by atoms with van der Waals surface area (Å²) in [5.74, 6) is -0.134.